The maximum Gasteiger partial charge on any atom is 0.273 e. The summed E-state index contributed by atoms with van der Waals surface area (Å²) in [6, 6.07) is 25.2. The zero-order chi connectivity index (χ0) is 35.9. The lowest BCUT2D eigenvalue weighted by molar-refractivity contribution is -0.385. The number of nitrogens with one attached hydrogen (secondary N) is 1. The van der Waals surface area contributed by atoms with Crippen LogP contribution in [-0.2, 0) is 32.6 Å². The number of ether oxygens (including phenoxy) is 1. The first-order chi connectivity index (χ1) is 23.1. The van der Waals surface area contributed by atoms with E-state index in [0.717, 1.165) is 20.4 Å². The molecular formula is C36H39BrN4O7S. The molecule has 4 rings (SSSR count). The molecule has 0 aliphatic rings. The van der Waals surface area contributed by atoms with Crippen LogP contribution in [0, 0.1) is 17.0 Å². The van der Waals surface area contributed by atoms with E-state index in [2.05, 4.69) is 21.2 Å². The van der Waals surface area contributed by atoms with Crippen molar-refractivity contribution < 1.29 is 27.7 Å². The Morgan fingerprint density at radius 1 is 0.939 bits per heavy atom. The van der Waals surface area contributed by atoms with Gasteiger partial charge in [0.15, 0.2) is 0 Å². The first-order valence-corrected chi connectivity index (χ1v) is 17.6. The first-order valence-electron chi connectivity index (χ1n) is 15.4. The van der Waals surface area contributed by atoms with Gasteiger partial charge in [0.2, 0.25) is 11.8 Å². The van der Waals surface area contributed by atoms with E-state index in [0.29, 0.717) is 11.3 Å². The van der Waals surface area contributed by atoms with E-state index >= 15 is 0 Å². The Hall–Kier alpha value is -4.75. The number of aryl methyl sites for hydroxylation is 1. The molecule has 11 nitrogen and oxygen atoms in total. The van der Waals surface area contributed by atoms with Gasteiger partial charge in [0.05, 0.1) is 22.6 Å². The molecule has 0 aliphatic heterocycles. The number of nitro groups is 1. The molecule has 1 N–H and O–H groups in total. The third-order valence-electron chi connectivity index (χ3n) is 7.64. The maximum atomic E-state index is 14.6. The van der Waals surface area contributed by atoms with Crippen molar-refractivity contribution in [2.75, 3.05) is 18.0 Å². The molecule has 1 atom stereocenters. The number of benzene rings is 4. The van der Waals surface area contributed by atoms with Crippen molar-refractivity contribution in [3.63, 3.8) is 0 Å². The minimum atomic E-state index is -4.55. The average Bonchev–Trinajstić information content (AvgIpc) is 3.05. The molecule has 0 spiro atoms. The quantitative estimate of drug-likeness (QED) is 0.123. The summed E-state index contributed by atoms with van der Waals surface area (Å²) in [6.07, 6.45) is 0.157. The Kier molecular flexibility index (Phi) is 11.8. The van der Waals surface area contributed by atoms with Crippen LogP contribution in [0.1, 0.15) is 37.5 Å². The van der Waals surface area contributed by atoms with Crippen molar-refractivity contribution in [3.8, 4) is 5.75 Å². The summed E-state index contributed by atoms with van der Waals surface area (Å²) >= 11 is 3.43. The second kappa shape index (κ2) is 15.6. The van der Waals surface area contributed by atoms with E-state index in [1.807, 2.05) is 75.4 Å². The van der Waals surface area contributed by atoms with Gasteiger partial charge >= 0.3 is 0 Å². The van der Waals surface area contributed by atoms with Crippen LogP contribution in [0.15, 0.2) is 106 Å². The Morgan fingerprint density at radius 2 is 1.57 bits per heavy atom. The van der Waals surface area contributed by atoms with Crippen LogP contribution in [0.25, 0.3) is 0 Å². The smallest absolute Gasteiger partial charge is 0.273 e. The highest BCUT2D eigenvalue weighted by Crippen LogP contribution is 2.30. The third kappa shape index (κ3) is 9.67. The highest BCUT2D eigenvalue weighted by atomic mass is 79.9. The van der Waals surface area contributed by atoms with Gasteiger partial charge in [-0.15, -0.1) is 0 Å². The molecule has 0 aliphatic carbocycles. The fraction of sp³-hybridized carbons (Fsp3) is 0.278. The summed E-state index contributed by atoms with van der Waals surface area (Å²) in [6.45, 7) is 6.31. The largest absolute Gasteiger partial charge is 0.497 e. The molecule has 258 valence electrons. The lowest BCUT2D eigenvalue weighted by Gasteiger charge is -2.35. The molecule has 0 saturated heterocycles. The molecule has 0 bridgehead atoms. The zero-order valence-electron chi connectivity index (χ0n) is 27.9. The van der Waals surface area contributed by atoms with Gasteiger partial charge in [0.25, 0.3) is 15.7 Å². The van der Waals surface area contributed by atoms with Gasteiger partial charge in [0.1, 0.15) is 18.3 Å². The van der Waals surface area contributed by atoms with Crippen molar-refractivity contribution in [1.82, 2.24) is 10.2 Å². The highest BCUT2D eigenvalue weighted by Gasteiger charge is 2.36. The number of methoxy groups -OCH3 is 1. The summed E-state index contributed by atoms with van der Waals surface area (Å²) in [4.78, 5) is 40.8. The van der Waals surface area contributed by atoms with Crippen LogP contribution in [0.3, 0.4) is 0 Å². The van der Waals surface area contributed by atoms with Crippen LogP contribution < -0.4 is 14.4 Å². The van der Waals surface area contributed by atoms with Gasteiger partial charge in [-0.1, -0.05) is 64.5 Å². The van der Waals surface area contributed by atoms with E-state index < -0.39 is 44.9 Å². The van der Waals surface area contributed by atoms with Crippen LogP contribution >= 0.6 is 15.9 Å². The van der Waals surface area contributed by atoms with Crippen LogP contribution in [0.2, 0.25) is 0 Å². The van der Waals surface area contributed by atoms with Crippen LogP contribution in [0.5, 0.6) is 5.75 Å². The summed E-state index contributed by atoms with van der Waals surface area (Å²) in [7, 11) is -3.09. The fourth-order valence-electron chi connectivity index (χ4n) is 5.14. The van der Waals surface area contributed by atoms with Crippen molar-refractivity contribution in [3.05, 3.63) is 128 Å². The van der Waals surface area contributed by atoms with E-state index in [4.69, 9.17) is 4.74 Å². The lowest BCUT2D eigenvalue weighted by Crippen LogP contribution is -2.56. The molecule has 4 aromatic carbocycles. The van der Waals surface area contributed by atoms with E-state index in [9.17, 15) is 28.1 Å². The van der Waals surface area contributed by atoms with Crippen molar-refractivity contribution in [1.29, 1.82) is 0 Å². The molecule has 0 heterocycles. The number of nitro benzene ring substituents is 1. The second-order valence-electron chi connectivity index (χ2n) is 12.5. The summed E-state index contributed by atoms with van der Waals surface area (Å²) < 4.78 is 35.6. The summed E-state index contributed by atoms with van der Waals surface area (Å²) in [5, 5.41) is 14.7. The topological polar surface area (TPSA) is 139 Å². The third-order valence-corrected chi connectivity index (χ3v) is 9.94. The molecule has 0 fully saturated rings. The minimum Gasteiger partial charge on any atom is -0.497 e. The Labute approximate surface area is 295 Å². The number of carbonyl (C=O) groups is 2. The van der Waals surface area contributed by atoms with Crippen molar-refractivity contribution >= 4 is 49.1 Å². The summed E-state index contributed by atoms with van der Waals surface area (Å²) in [5.74, 6) is -0.610. The number of rotatable bonds is 13. The fourth-order valence-corrected chi connectivity index (χ4v) is 6.84. The van der Waals surface area contributed by atoms with Gasteiger partial charge in [-0.25, -0.2) is 8.42 Å². The number of hydrogen-bond acceptors (Lipinski definition) is 7. The molecule has 49 heavy (non-hydrogen) atoms. The number of carbonyl (C=O) groups excluding carboxylic acids is 2. The predicted octanol–water partition coefficient (Wildman–Crippen LogP) is 6.42. The van der Waals surface area contributed by atoms with Crippen LogP contribution in [0.4, 0.5) is 11.4 Å². The average molecular weight is 752 g/mol. The van der Waals surface area contributed by atoms with Gasteiger partial charge in [-0.2, -0.15) is 0 Å². The van der Waals surface area contributed by atoms with Gasteiger partial charge in [0, 0.05) is 34.6 Å². The monoisotopic (exact) mass is 750 g/mol. The van der Waals surface area contributed by atoms with Crippen LogP contribution in [-0.4, -0.2) is 55.3 Å². The molecule has 0 radical (unpaired) electrons. The summed E-state index contributed by atoms with van der Waals surface area (Å²) in [5.41, 5.74) is 0.922. The maximum absolute atomic E-state index is 14.6. The normalized spacial score (nSPS) is 12.1. The molecule has 4 aromatic rings. The molecular weight excluding hydrogens is 712 g/mol. The Bertz CT molecular complexity index is 1900. The number of anilines is 1. The zero-order valence-corrected chi connectivity index (χ0v) is 30.3. The highest BCUT2D eigenvalue weighted by molar-refractivity contribution is 9.10. The number of halogens is 1. The number of nitrogens with zero attached hydrogens (tertiary/aromatic N) is 3. The number of amides is 2. The molecule has 2 amide bonds. The lowest BCUT2D eigenvalue weighted by atomic mass is 10.0. The first kappa shape index (κ1) is 37.1. The standard InChI is InChI=1S/C36H39BrN4O7S/c1-25-11-20-31(22-32(25)41(44)45)49(46,47)40(29-16-18-30(48-5)19-17-29)24-34(42)39(23-27-12-14-28(37)15-13-27)33(35(43)38-36(2,3)4)21-26-9-7-6-8-10-26/h6-20,22,33H,21,23-24H2,1-5H3,(H,38,43)/t33-/m0/s1. The molecule has 0 unspecified atom stereocenters. The number of sulfonamides is 1. The van der Waals surface area contributed by atoms with E-state index in [-0.39, 0.29) is 34.8 Å². The van der Waals surface area contributed by atoms with E-state index in [1.54, 1.807) is 12.1 Å². The van der Waals surface area contributed by atoms with Gasteiger partial charge < -0.3 is 15.0 Å². The number of hydrogen-bond donors (Lipinski definition) is 1. The Morgan fingerprint density at radius 3 is 2.14 bits per heavy atom. The van der Waals surface area contributed by atoms with E-state index in [1.165, 1.54) is 43.2 Å². The van der Waals surface area contributed by atoms with Crippen molar-refractivity contribution in [2.24, 2.45) is 0 Å². The molecule has 0 aromatic heterocycles. The second-order valence-corrected chi connectivity index (χ2v) is 15.3. The predicted molar refractivity (Wildman–Crippen MR) is 192 cm³/mol. The van der Waals surface area contributed by atoms with Gasteiger partial charge in [-0.3, -0.25) is 24.0 Å². The molecule has 13 heteroatoms. The van der Waals surface area contributed by atoms with Crippen molar-refractivity contribution in [2.45, 2.75) is 57.1 Å². The SMILES string of the molecule is COc1ccc(N(CC(=O)N(Cc2ccc(Br)cc2)[C@@H](Cc2ccccc2)C(=O)NC(C)(C)C)S(=O)(=O)c2ccc(C)c([N+](=O)[O-])c2)cc1. The molecule has 0 saturated carbocycles. The van der Waals surface area contributed by atoms with Gasteiger partial charge in [-0.05, 0) is 81.3 Å². The minimum absolute atomic E-state index is 0.00627. The Balaban J connectivity index is 1.85.